The van der Waals surface area contributed by atoms with Crippen molar-refractivity contribution in [2.45, 2.75) is 36.9 Å². The fraction of sp³-hybridized carbons (Fsp3) is 0.350. The third-order valence-corrected chi connectivity index (χ3v) is 7.39. The molecule has 0 aromatic heterocycles. The molecule has 0 aliphatic carbocycles. The van der Waals surface area contributed by atoms with Gasteiger partial charge in [0.05, 0.1) is 5.02 Å². The van der Waals surface area contributed by atoms with Crippen LogP contribution in [0.1, 0.15) is 34.3 Å². The third-order valence-electron chi connectivity index (χ3n) is 5.65. The summed E-state index contributed by atoms with van der Waals surface area (Å²) in [6.45, 7) is 2.88. The first-order chi connectivity index (χ1) is 13.7. The number of primary sulfonamides is 1. The summed E-state index contributed by atoms with van der Waals surface area (Å²) in [6, 6.07) is 10.8. The second kappa shape index (κ2) is 7.89. The van der Waals surface area contributed by atoms with Gasteiger partial charge in [-0.1, -0.05) is 41.4 Å². The zero-order chi connectivity index (χ0) is 20.8. The topological polar surface area (TPSA) is 83.7 Å². The number of likely N-dealkylation sites (tertiary alicyclic amines) is 1. The Balaban J connectivity index is 1.44. The van der Waals surface area contributed by atoms with Crippen molar-refractivity contribution < 1.29 is 13.2 Å². The fourth-order valence-corrected chi connectivity index (χ4v) is 5.42. The van der Waals surface area contributed by atoms with Gasteiger partial charge >= 0.3 is 0 Å². The summed E-state index contributed by atoms with van der Waals surface area (Å²) in [4.78, 5) is 16.9. The standard InChI is InChI=1S/C20H21Cl2N3O3S/c21-17-4-2-1-3-13(17)11-24-7-5-15(6-8-24)25-12-14-9-19(29(23,27)28)18(22)10-16(14)20(25)26/h1-4,9-10,15H,5-8,11-12H2,(H2,23,27,28). The Morgan fingerprint density at radius 3 is 2.41 bits per heavy atom. The lowest BCUT2D eigenvalue weighted by molar-refractivity contribution is 0.0590. The lowest BCUT2D eigenvalue weighted by Crippen LogP contribution is -2.44. The first-order valence-corrected chi connectivity index (χ1v) is 11.7. The van der Waals surface area contributed by atoms with E-state index >= 15 is 0 Å². The molecule has 0 bridgehead atoms. The summed E-state index contributed by atoms with van der Waals surface area (Å²) in [5, 5.41) is 5.98. The Hall–Kier alpha value is -1.64. The average Bonchev–Trinajstić information content (AvgIpc) is 2.99. The highest BCUT2D eigenvalue weighted by molar-refractivity contribution is 7.89. The number of carbonyl (C=O) groups excluding carboxylic acids is 1. The highest BCUT2D eigenvalue weighted by Crippen LogP contribution is 2.33. The van der Waals surface area contributed by atoms with Crippen LogP contribution in [0.5, 0.6) is 0 Å². The minimum atomic E-state index is -3.93. The van der Waals surface area contributed by atoms with Gasteiger partial charge in [0.15, 0.2) is 0 Å². The zero-order valence-electron chi connectivity index (χ0n) is 15.6. The maximum Gasteiger partial charge on any atom is 0.254 e. The summed E-state index contributed by atoms with van der Waals surface area (Å²) in [5.41, 5.74) is 2.21. The van der Waals surface area contributed by atoms with E-state index < -0.39 is 10.0 Å². The predicted octanol–water partition coefficient (Wildman–Crippen LogP) is 3.26. The van der Waals surface area contributed by atoms with E-state index in [4.69, 9.17) is 28.3 Å². The van der Waals surface area contributed by atoms with Gasteiger partial charge in [0.1, 0.15) is 4.90 Å². The van der Waals surface area contributed by atoms with E-state index in [2.05, 4.69) is 4.90 Å². The molecule has 2 aromatic rings. The Labute approximate surface area is 180 Å². The molecule has 154 valence electrons. The van der Waals surface area contributed by atoms with E-state index in [-0.39, 0.29) is 21.9 Å². The number of halogens is 2. The molecule has 6 nitrogen and oxygen atoms in total. The predicted molar refractivity (Wildman–Crippen MR) is 112 cm³/mol. The monoisotopic (exact) mass is 453 g/mol. The maximum absolute atomic E-state index is 12.9. The number of amides is 1. The molecular formula is C20H21Cl2N3O3S. The molecule has 0 unspecified atom stereocenters. The van der Waals surface area contributed by atoms with Crippen LogP contribution < -0.4 is 5.14 Å². The first-order valence-electron chi connectivity index (χ1n) is 9.36. The van der Waals surface area contributed by atoms with Crippen molar-refractivity contribution in [1.82, 2.24) is 9.80 Å². The fourth-order valence-electron chi connectivity index (χ4n) is 4.11. The van der Waals surface area contributed by atoms with Crippen LogP contribution in [-0.2, 0) is 23.1 Å². The molecule has 1 fully saturated rings. The molecule has 0 saturated carbocycles. The third kappa shape index (κ3) is 4.15. The molecule has 2 aliphatic heterocycles. The normalized spacial score (nSPS) is 18.3. The van der Waals surface area contributed by atoms with Crippen molar-refractivity contribution >= 4 is 39.1 Å². The zero-order valence-corrected chi connectivity index (χ0v) is 18.0. The smallest absolute Gasteiger partial charge is 0.254 e. The van der Waals surface area contributed by atoms with Crippen molar-refractivity contribution in [3.63, 3.8) is 0 Å². The number of hydrogen-bond donors (Lipinski definition) is 1. The van der Waals surface area contributed by atoms with E-state index in [0.717, 1.165) is 43.1 Å². The molecule has 0 atom stereocenters. The van der Waals surface area contributed by atoms with Gasteiger partial charge in [-0.15, -0.1) is 0 Å². The van der Waals surface area contributed by atoms with E-state index in [1.807, 2.05) is 29.2 Å². The lowest BCUT2D eigenvalue weighted by atomic mass is 10.0. The number of nitrogens with two attached hydrogens (primary N) is 1. The minimum Gasteiger partial charge on any atom is -0.331 e. The summed E-state index contributed by atoms with van der Waals surface area (Å²) in [7, 11) is -3.93. The van der Waals surface area contributed by atoms with E-state index in [9.17, 15) is 13.2 Å². The van der Waals surface area contributed by atoms with Gasteiger partial charge in [0.2, 0.25) is 10.0 Å². The molecule has 29 heavy (non-hydrogen) atoms. The average molecular weight is 454 g/mol. The molecule has 4 rings (SSSR count). The van der Waals surface area contributed by atoms with Crippen molar-refractivity contribution in [1.29, 1.82) is 0 Å². The number of carbonyl (C=O) groups is 1. The minimum absolute atomic E-state index is 0.0176. The van der Waals surface area contributed by atoms with Gasteiger partial charge < -0.3 is 4.90 Å². The molecule has 2 aliphatic rings. The van der Waals surface area contributed by atoms with Crippen LogP contribution >= 0.6 is 23.2 Å². The van der Waals surface area contributed by atoms with Crippen LogP contribution in [0.4, 0.5) is 0 Å². The molecule has 2 heterocycles. The van der Waals surface area contributed by atoms with Crippen LogP contribution in [0.15, 0.2) is 41.3 Å². The van der Waals surface area contributed by atoms with Crippen molar-refractivity contribution in [2.24, 2.45) is 5.14 Å². The number of piperidine rings is 1. The van der Waals surface area contributed by atoms with Gasteiger partial charge in [0.25, 0.3) is 5.91 Å². The summed E-state index contributed by atoms with van der Waals surface area (Å²) in [5.74, 6) is -0.104. The van der Waals surface area contributed by atoms with Gasteiger partial charge in [-0.3, -0.25) is 9.69 Å². The van der Waals surface area contributed by atoms with Crippen LogP contribution in [0, 0.1) is 0 Å². The largest absolute Gasteiger partial charge is 0.331 e. The number of rotatable bonds is 4. The van der Waals surface area contributed by atoms with Crippen LogP contribution in [0.2, 0.25) is 10.0 Å². The maximum atomic E-state index is 12.9. The van der Waals surface area contributed by atoms with Crippen molar-refractivity contribution in [3.05, 3.63) is 63.1 Å². The number of nitrogens with zero attached hydrogens (tertiary/aromatic N) is 2. The van der Waals surface area contributed by atoms with Gasteiger partial charge in [-0.25, -0.2) is 13.6 Å². The molecule has 2 aromatic carbocycles. The number of fused-ring (bicyclic) bond motifs is 1. The molecule has 0 spiro atoms. The Kier molecular flexibility index (Phi) is 5.61. The number of hydrogen-bond acceptors (Lipinski definition) is 4. The Bertz CT molecular complexity index is 1070. The second-order valence-electron chi connectivity index (χ2n) is 7.52. The van der Waals surface area contributed by atoms with Crippen LogP contribution in [0.3, 0.4) is 0 Å². The van der Waals surface area contributed by atoms with Crippen LogP contribution in [0.25, 0.3) is 0 Å². The van der Waals surface area contributed by atoms with Gasteiger partial charge in [-0.2, -0.15) is 0 Å². The van der Waals surface area contributed by atoms with E-state index in [1.165, 1.54) is 12.1 Å². The van der Waals surface area contributed by atoms with Crippen molar-refractivity contribution in [3.8, 4) is 0 Å². The Morgan fingerprint density at radius 2 is 1.76 bits per heavy atom. The molecule has 9 heteroatoms. The lowest BCUT2D eigenvalue weighted by Gasteiger charge is -2.36. The quantitative estimate of drug-likeness (QED) is 0.769. The Morgan fingerprint density at radius 1 is 1.07 bits per heavy atom. The molecule has 1 saturated heterocycles. The van der Waals surface area contributed by atoms with Gasteiger partial charge in [-0.05, 0) is 42.2 Å². The molecule has 1 amide bonds. The molecule has 0 radical (unpaired) electrons. The van der Waals surface area contributed by atoms with Crippen LogP contribution in [-0.4, -0.2) is 43.3 Å². The van der Waals surface area contributed by atoms with Crippen molar-refractivity contribution in [2.75, 3.05) is 13.1 Å². The van der Waals surface area contributed by atoms with E-state index in [1.54, 1.807) is 0 Å². The molecule has 2 N–H and O–H groups in total. The summed E-state index contributed by atoms with van der Waals surface area (Å²) >= 11 is 12.3. The second-order valence-corrected chi connectivity index (χ2v) is 9.86. The SMILES string of the molecule is NS(=O)(=O)c1cc2c(cc1Cl)C(=O)N(C1CCN(Cc3ccccc3Cl)CC1)C2. The number of benzene rings is 2. The highest BCUT2D eigenvalue weighted by atomic mass is 35.5. The number of sulfonamides is 1. The first kappa shape index (κ1) is 20.6. The molecular weight excluding hydrogens is 433 g/mol. The summed E-state index contributed by atoms with van der Waals surface area (Å²) < 4.78 is 23.4. The summed E-state index contributed by atoms with van der Waals surface area (Å²) in [6.07, 6.45) is 1.69. The highest BCUT2D eigenvalue weighted by Gasteiger charge is 2.35. The van der Waals surface area contributed by atoms with Gasteiger partial charge in [0, 0.05) is 42.8 Å². The van der Waals surface area contributed by atoms with E-state index in [0.29, 0.717) is 17.7 Å².